The molecule has 0 saturated heterocycles. The van der Waals surface area contributed by atoms with E-state index in [4.69, 9.17) is 0 Å². The maximum Gasteiger partial charge on any atom is 0.129 e. The van der Waals surface area contributed by atoms with Gasteiger partial charge in [0.1, 0.15) is 11.6 Å². The first-order chi connectivity index (χ1) is 10.0. The molecule has 1 aliphatic carbocycles. The van der Waals surface area contributed by atoms with E-state index in [2.05, 4.69) is 26.1 Å². The van der Waals surface area contributed by atoms with Crippen LogP contribution in [0.5, 0.6) is 0 Å². The van der Waals surface area contributed by atoms with Crippen molar-refractivity contribution in [1.29, 1.82) is 0 Å². The van der Waals surface area contributed by atoms with E-state index in [1.807, 2.05) is 0 Å². The lowest BCUT2D eigenvalue weighted by atomic mass is 9.70. The van der Waals surface area contributed by atoms with Gasteiger partial charge in [-0.2, -0.15) is 0 Å². The van der Waals surface area contributed by atoms with Crippen LogP contribution in [0, 0.1) is 23.5 Å². The molecular weight excluding hydrogens is 268 g/mol. The Kier molecular flexibility index (Phi) is 5.74. The second-order valence-electron chi connectivity index (χ2n) is 6.65. The summed E-state index contributed by atoms with van der Waals surface area (Å²) in [6.45, 7) is 7.23. The summed E-state index contributed by atoms with van der Waals surface area (Å²) < 4.78 is 28.4. The van der Waals surface area contributed by atoms with Gasteiger partial charge in [0, 0.05) is 11.6 Å². The quantitative estimate of drug-likeness (QED) is 0.817. The molecule has 1 N–H and O–H groups in total. The third-order valence-corrected chi connectivity index (χ3v) is 4.84. The first-order valence-electron chi connectivity index (χ1n) is 8.20. The summed E-state index contributed by atoms with van der Waals surface area (Å²) in [5.41, 5.74) is 0.311. The normalized spacial score (nSPS) is 26.3. The van der Waals surface area contributed by atoms with E-state index in [0.717, 1.165) is 25.8 Å². The summed E-state index contributed by atoms with van der Waals surface area (Å²) >= 11 is 0. The Morgan fingerprint density at radius 1 is 1.19 bits per heavy atom. The first-order valence-corrected chi connectivity index (χ1v) is 8.20. The Morgan fingerprint density at radius 2 is 1.86 bits per heavy atom. The molecule has 0 aliphatic heterocycles. The molecule has 3 atom stereocenters. The van der Waals surface area contributed by atoms with Crippen molar-refractivity contribution in [3.63, 3.8) is 0 Å². The smallest absolute Gasteiger partial charge is 0.129 e. The van der Waals surface area contributed by atoms with Gasteiger partial charge in [0.25, 0.3) is 0 Å². The van der Waals surface area contributed by atoms with Gasteiger partial charge in [0.2, 0.25) is 0 Å². The Hall–Kier alpha value is -0.960. The van der Waals surface area contributed by atoms with Gasteiger partial charge < -0.3 is 5.32 Å². The summed E-state index contributed by atoms with van der Waals surface area (Å²) in [6, 6.07) is 4.64. The zero-order valence-corrected chi connectivity index (χ0v) is 13.3. The Bertz CT molecular complexity index is 438. The molecule has 2 rings (SSSR count). The van der Waals surface area contributed by atoms with Crippen LogP contribution in [0.1, 0.15) is 57.9 Å². The third-order valence-electron chi connectivity index (χ3n) is 4.84. The molecule has 3 heteroatoms. The summed E-state index contributed by atoms with van der Waals surface area (Å²) in [4.78, 5) is 0. The second kappa shape index (κ2) is 7.35. The molecule has 1 aromatic rings. The number of benzene rings is 1. The fourth-order valence-corrected chi connectivity index (χ4v) is 3.54. The van der Waals surface area contributed by atoms with Gasteiger partial charge in [-0.15, -0.1) is 0 Å². The minimum Gasteiger partial charge on any atom is -0.314 e. The summed E-state index contributed by atoms with van der Waals surface area (Å²) in [5.74, 6) is 0.139. The van der Waals surface area contributed by atoms with E-state index in [1.165, 1.54) is 24.6 Å². The highest BCUT2D eigenvalue weighted by Gasteiger charge is 2.34. The number of halogens is 2. The van der Waals surface area contributed by atoms with Crippen molar-refractivity contribution >= 4 is 0 Å². The summed E-state index contributed by atoms with van der Waals surface area (Å²) in [5, 5.41) is 3.44. The molecule has 1 nitrogen and oxygen atoms in total. The fraction of sp³-hybridized carbons (Fsp3) is 0.667. The van der Waals surface area contributed by atoms with Crippen molar-refractivity contribution in [3.8, 4) is 0 Å². The minimum atomic E-state index is -0.383. The molecule has 21 heavy (non-hydrogen) atoms. The molecule has 1 saturated carbocycles. The van der Waals surface area contributed by atoms with Gasteiger partial charge in [-0.05, 0) is 49.3 Å². The van der Waals surface area contributed by atoms with Gasteiger partial charge in [0.05, 0.1) is 0 Å². The van der Waals surface area contributed by atoms with Crippen molar-refractivity contribution in [3.05, 3.63) is 35.4 Å². The van der Waals surface area contributed by atoms with Crippen LogP contribution < -0.4 is 5.32 Å². The Morgan fingerprint density at radius 3 is 2.43 bits per heavy atom. The lowest BCUT2D eigenvalue weighted by molar-refractivity contribution is 0.215. The van der Waals surface area contributed by atoms with Crippen LogP contribution in [0.4, 0.5) is 8.78 Å². The molecule has 0 spiro atoms. The summed E-state index contributed by atoms with van der Waals surface area (Å²) in [6.07, 6.45) is 4.22. The maximum absolute atomic E-state index is 14.2. The van der Waals surface area contributed by atoms with Crippen molar-refractivity contribution in [2.75, 3.05) is 6.54 Å². The zero-order valence-electron chi connectivity index (χ0n) is 13.3. The topological polar surface area (TPSA) is 12.0 Å². The average molecular weight is 295 g/mol. The third kappa shape index (κ3) is 4.03. The van der Waals surface area contributed by atoms with Crippen LogP contribution in [-0.4, -0.2) is 12.6 Å². The molecule has 1 aromatic carbocycles. The molecule has 0 bridgehead atoms. The van der Waals surface area contributed by atoms with Gasteiger partial charge in [-0.3, -0.25) is 0 Å². The van der Waals surface area contributed by atoms with Crippen molar-refractivity contribution < 1.29 is 8.78 Å². The summed E-state index contributed by atoms with van der Waals surface area (Å²) in [7, 11) is 0. The molecule has 0 aromatic heterocycles. The first kappa shape index (κ1) is 16.4. The molecule has 118 valence electrons. The lowest BCUT2D eigenvalue weighted by Gasteiger charge is -2.37. The fourth-order valence-electron chi connectivity index (χ4n) is 3.54. The largest absolute Gasteiger partial charge is 0.314 e. The number of rotatable bonds is 5. The molecular formula is C18H27F2N. The number of nitrogens with one attached hydrogen (secondary N) is 1. The molecule has 1 aliphatic rings. The molecule has 1 fully saturated rings. The lowest BCUT2D eigenvalue weighted by Crippen LogP contribution is -2.35. The van der Waals surface area contributed by atoms with E-state index in [-0.39, 0.29) is 17.6 Å². The standard InChI is InChI=1S/C18H27F2N/c1-4-13-8-9-14(11-21-12(2)3)15(10-13)18-16(19)6-5-7-17(18)20/h5-7,12-15,21H,4,8-11H2,1-3H3. The average Bonchev–Trinajstić information content (AvgIpc) is 2.45. The van der Waals surface area contributed by atoms with Crippen molar-refractivity contribution in [2.24, 2.45) is 11.8 Å². The monoisotopic (exact) mass is 295 g/mol. The van der Waals surface area contributed by atoms with E-state index in [0.29, 0.717) is 23.4 Å². The van der Waals surface area contributed by atoms with Crippen LogP contribution in [0.3, 0.4) is 0 Å². The predicted molar refractivity (Wildman–Crippen MR) is 83.4 cm³/mol. The van der Waals surface area contributed by atoms with Gasteiger partial charge in [-0.25, -0.2) is 8.78 Å². The van der Waals surface area contributed by atoms with Crippen LogP contribution >= 0.6 is 0 Å². The van der Waals surface area contributed by atoms with Crippen LogP contribution in [0.25, 0.3) is 0 Å². The molecule has 0 radical (unpaired) electrons. The highest BCUT2D eigenvalue weighted by Crippen LogP contribution is 2.43. The highest BCUT2D eigenvalue weighted by atomic mass is 19.1. The van der Waals surface area contributed by atoms with E-state index >= 15 is 0 Å². The van der Waals surface area contributed by atoms with Gasteiger partial charge >= 0.3 is 0 Å². The number of hydrogen-bond acceptors (Lipinski definition) is 1. The SMILES string of the molecule is CCC1CCC(CNC(C)C)C(c2c(F)cccc2F)C1. The van der Waals surface area contributed by atoms with E-state index < -0.39 is 0 Å². The molecule has 3 unspecified atom stereocenters. The van der Waals surface area contributed by atoms with Gasteiger partial charge in [0.15, 0.2) is 0 Å². The zero-order chi connectivity index (χ0) is 15.4. The Balaban J connectivity index is 2.24. The van der Waals surface area contributed by atoms with Crippen molar-refractivity contribution in [2.45, 2.75) is 58.4 Å². The predicted octanol–water partition coefficient (Wildman–Crippen LogP) is 4.87. The Labute approximate surface area is 127 Å². The van der Waals surface area contributed by atoms with Crippen LogP contribution in [-0.2, 0) is 0 Å². The minimum absolute atomic E-state index is 0.00356. The maximum atomic E-state index is 14.2. The van der Waals surface area contributed by atoms with Crippen molar-refractivity contribution in [1.82, 2.24) is 5.32 Å². The molecule has 0 amide bonds. The second-order valence-corrected chi connectivity index (χ2v) is 6.65. The highest BCUT2D eigenvalue weighted by molar-refractivity contribution is 5.25. The van der Waals surface area contributed by atoms with Crippen LogP contribution in [0.2, 0.25) is 0 Å². The number of hydrogen-bond donors (Lipinski definition) is 1. The van der Waals surface area contributed by atoms with Crippen LogP contribution in [0.15, 0.2) is 18.2 Å². The van der Waals surface area contributed by atoms with Gasteiger partial charge in [-0.1, -0.05) is 39.7 Å². The van der Waals surface area contributed by atoms with E-state index in [1.54, 1.807) is 0 Å². The van der Waals surface area contributed by atoms with E-state index in [9.17, 15) is 8.78 Å². The molecule has 0 heterocycles.